The monoisotopic (exact) mass is 280 g/mol. The molecule has 2 N–H and O–H groups in total. The fraction of sp³-hybridized carbons (Fsp3) is 0.100. The minimum atomic E-state index is -5.01. The quantitative estimate of drug-likeness (QED) is 0.809. The molecular formula is C10H5F5N2S. The molecule has 96 valence electrons. The highest BCUT2D eigenvalue weighted by Gasteiger charge is 2.39. The van der Waals surface area contributed by atoms with E-state index in [4.69, 9.17) is 5.73 Å². The number of rotatable bonds is 1. The summed E-state index contributed by atoms with van der Waals surface area (Å²) in [5.41, 5.74) is 2.35. The lowest BCUT2D eigenvalue weighted by Crippen LogP contribution is -2.12. The SMILES string of the molecule is Nc1nc(-c2c(F)ccc(F)c2C(F)(F)F)cs1. The standard InChI is InChI=1S/C10H5F5N2S/c11-4-1-2-5(12)8(10(13,14)15)7(4)6-3-18-9(16)17-6/h1-3H,(H2,16,17). The molecule has 0 aliphatic heterocycles. The highest BCUT2D eigenvalue weighted by Crippen LogP contribution is 2.40. The number of alkyl halides is 3. The molecule has 2 nitrogen and oxygen atoms in total. The van der Waals surface area contributed by atoms with Gasteiger partial charge in [0.15, 0.2) is 5.13 Å². The van der Waals surface area contributed by atoms with E-state index in [0.29, 0.717) is 12.1 Å². The van der Waals surface area contributed by atoms with E-state index in [0.717, 1.165) is 16.7 Å². The largest absolute Gasteiger partial charge is 0.419 e. The number of hydrogen-bond acceptors (Lipinski definition) is 3. The Morgan fingerprint density at radius 3 is 2.22 bits per heavy atom. The van der Waals surface area contributed by atoms with E-state index in [1.165, 1.54) is 0 Å². The number of thiazole rings is 1. The van der Waals surface area contributed by atoms with Crippen LogP contribution in [0.5, 0.6) is 0 Å². The van der Waals surface area contributed by atoms with E-state index >= 15 is 0 Å². The number of anilines is 1. The zero-order chi connectivity index (χ0) is 13.5. The van der Waals surface area contributed by atoms with Gasteiger partial charge >= 0.3 is 6.18 Å². The van der Waals surface area contributed by atoms with E-state index in [-0.39, 0.29) is 10.8 Å². The Hall–Kier alpha value is -1.70. The first-order chi connectivity index (χ1) is 8.30. The maximum atomic E-state index is 13.5. The Balaban J connectivity index is 2.76. The van der Waals surface area contributed by atoms with Crippen LogP contribution in [0.4, 0.5) is 27.1 Å². The maximum Gasteiger partial charge on any atom is 0.419 e. The molecule has 0 aliphatic rings. The van der Waals surface area contributed by atoms with Crippen LogP contribution >= 0.6 is 11.3 Å². The van der Waals surface area contributed by atoms with Crippen molar-refractivity contribution >= 4 is 16.5 Å². The van der Waals surface area contributed by atoms with Crippen LogP contribution in [0.1, 0.15) is 5.56 Å². The van der Waals surface area contributed by atoms with Gasteiger partial charge in [-0.3, -0.25) is 0 Å². The highest BCUT2D eigenvalue weighted by atomic mass is 32.1. The summed E-state index contributed by atoms with van der Waals surface area (Å²) in [6.07, 6.45) is -5.01. The molecule has 0 aliphatic carbocycles. The summed E-state index contributed by atoms with van der Waals surface area (Å²) in [7, 11) is 0. The summed E-state index contributed by atoms with van der Waals surface area (Å²) >= 11 is 0.843. The second-order valence-corrected chi connectivity index (χ2v) is 4.24. The lowest BCUT2D eigenvalue weighted by atomic mass is 10.0. The zero-order valence-corrected chi connectivity index (χ0v) is 9.37. The van der Waals surface area contributed by atoms with Gasteiger partial charge in [-0.15, -0.1) is 11.3 Å². The molecule has 0 saturated carbocycles. The topological polar surface area (TPSA) is 38.9 Å². The fourth-order valence-corrected chi connectivity index (χ4v) is 2.04. The second-order valence-electron chi connectivity index (χ2n) is 3.35. The second kappa shape index (κ2) is 4.20. The van der Waals surface area contributed by atoms with Crippen LogP contribution in [-0.4, -0.2) is 4.98 Å². The van der Waals surface area contributed by atoms with Gasteiger partial charge in [-0.2, -0.15) is 13.2 Å². The number of aromatic nitrogens is 1. The summed E-state index contributed by atoms with van der Waals surface area (Å²) in [5.74, 6) is -2.75. The van der Waals surface area contributed by atoms with Crippen molar-refractivity contribution in [3.8, 4) is 11.3 Å². The molecule has 1 aromatic carbocycles. The first-order valence-electron chi connectivity index (χ1n) is 4.57. The molecule has 2 rings (SSSR count). The highest BCUT2D eigenvalue weighted by molar-refractivity contribution is 7.13. The van der Waals surface area contributed by atoms with Crippen molar-refractivity contribution in [2.75, 3.05) is 5.73 Å². The van der Waals surface area contributed by atoms with Crippen LogP contribution in [0.3, 0.4) is 0 Å². The third-order valence-corrected chi connectivity index (χ3v) is 2.84. The molecule has 1 aromatic heterocycles. The van der Waals surface area contributed by atoms with E-state index in [9.17, 15) is 22.0 Å². The average Bonchev–Trinajstić information content (AvgIpc) is 2.66. The van der Waals surface area contributed by atoms with Crippen molar-refractivity contribution in [3.63, 3.8) is 0 Å². The predicted molar refractivity (Wildman–Crippen MR) is 56.9 cm³/mol. The van der Waals surface area contributed by atoms with Gasteiger partial charge < -0.3 is 5.73 Å². The van der Waals surface area contributed by atoms with E-state index in [1.807, 2.05) is 0 Å². The zero-order valence-electron chi connectivity index (χ0n) is 8.55. The smallest absolute Gasteiger partial charge is 0.375 e. The molecule has 0 bridgehead atoms. The van der Waals surface area contributed by atoms with Crippen molar-refractivity contribution in [2.45, 2.75) is 6.18 Å². The van der Waals surface area contributed by atoms with Gasteiger partial charge in [-0.1, -0.05) is 0 Å². The van der Waals surface area contributed by atoms with Crippen LogP contribution in [0.15, 0.2) is 17.5 Å². The first-order valence-corrected chi connectivity index (χ1v) is 5.45. The van der Waals surface area contributed by atoms with E-state index in [2.05, 4.69) is 4.98 Å². The molecule has 8 heteroatoms. The minimum Gasteiger partial charge on any atom is -0.375 e. The van der Waals surface area contributed by atoms with Crippen molar-refractivity contribution in [1.29, 1.82) is 0 Å². The van der Waals surface area contributed by atoms with Gasteiger partial charge in [0.1, 0.15) is 17.2 Å². The molecule has 0 atom stereocenters. The average molecular weight is 280 g/mol. The molecule has 0 saturated heterocycles. The third kappa shape index (κ3) is 2.15. The summed E-state index contributed by atoms with van der Waals surface area (Å²) in [4.78, 5) is 3.55. The fourth-order valence-electron chi connectivity index (χ4n) is 1.48. The number of benzene rings is 1. The van der Waals surface area contributed by atoms with Gasteiger partial charge in [0.25, 0.3) is 0 Å². The lowest BCUT2D eigenvalue weighted by molar-refractivity contribution is -0.139. The van der Waals surface area contributed by atoms with Crippen LogP contribution in [0.25, 0.3) is 11.3 Å². The minimum absolute atomic E-state index is 0.0261. The number of hydrogen-bond donors (Lipinski definition) is 1. The van der Waals surface area contributed by atoms with Gasteiger partial charge in [0.05, 0.1) is 11.3 Å². The van der Waals surface area contributed by atoms with Crippen molar-refractivity contribution in [1.82, 2.24) is 4.98 Å². The number of nitrogens with zero attached hydrogens (tertiary/aromatic N) is 1. The van der Waals surface area contributed by atoms with E-state index < -0.39 is 28.9 Å². The lowest BCUT2D eigenvalue weighted by Gasteiger charge is -2.13. The molecule has 0 fully saturated rings. The maximum absolute atomic E-state index is 13.5. The van der Waals surface area contributed by atoms with Crippen molar-refractivity contribution < 1.29 is 22.0 Å². The number of halogens is 5. The molecular weight excluding hydrogens is 275 g/mol. The summed E-state index contributed by atoms with van der Waals surface area (Å²) in [6.45, 7) is 0. The van der Waals surface area contributed by atoms with Crippen LogP contribution in [0, 0.1) is 11.6 Å². The van der Waals surface area contributed by atoms with Crippen LogP contribution < -0.4 is 5.73 Å². The Morgan fingerprint density at radius 1 is 1.11 bits per heavy atom. The molecule has 0 spiro atoms. The molecule has 18 heavy (non-hydrogen) atoms. The van der Waals surface area contributed by atoms with Gasteiger partial charge in [-0.05, 0) is 12.1 Å². The molecule has 0 radical (unpaired) electrons. The normalized spacial score (nSPS) is 11.8. The Labute approximate surface area is 102 Å². The summed E-state index contributed by atoms with van der Waals surface area (Å²) in [6, 6.07) is 1.05. The Kier molecular flexibility index (Phi) is 2.97. The Morgan fingerprint density at radius 2 is 1.72 bits per heavy atom. The third-order valence-electron chi connectivity index (χ3n) is 2.17. The van der Waals surface area contributed by atoms with E-state index in [1.54, 1.807) is 0 Å². The molecule has 2 aromatic rings. The van der Waals surface area contributed by atoms with Gasteiger partial charge in [0.2, 0.25) is 0 Å². The van der Waals surface area contributed by atoms with Crippen molar-refractivity contribution in [3.05, 3.63) is 34.7 Å². The van der Waals surface area contributed by atoms with Gasteiger partial charge in [0, 0.05) is 5.38 Å². The van der Waals surface area contributed by atoms with Crippen LogP contribution in [-0.2, 0) is 6.18 Å². The van der Waals surface area contributed by atoms with Crippen molar-refractivity contribution in [2.24, 2.45) is 0 Å². The summed E-state index contributed by atoms with van der Waals surface area (Å²) < 4.78 is 64.9. The molecule has 0 unspecified atom stereocenters. The summed E-state index contributed by atoms with van der Waals surface area (Å²) in [5, 5.41) is 1.12. The molecule has 0 amide bonds. The van der Waals surface area contributed by atoms with Crippen LogP contribution in [0.2, 0.25) is 0 Å². The first kappa shape index (κ1) is 12.7. The number of nitrogen functional groups attached to an aromatic ring is 1. The number of nitrogens with two attached hydrogens (primary N) is 1. The molecule has 1 heterocycles. The Bertz CT molecular complexity index is 590. The van der Waals surface area contributed by atoms with Gasteiger partial charge in [-0.25, -0.2) is 13.8 Å². The predicted octanol–water partition coefficient (Wildman–Crippen LogP) is 3.69.